The van der Waals surface area contributed by atoms with Gasteiger partial charge in [-0.2, -0.15) is 5.10 Å². The first-order valence-corrected chi connectivity index (χ1v) is 7.44. The van der Waals surface area contributed by atoms with Gasteiger partial charge in [-0.3, -0.25) is 0 Å². The van der Waals surface area contributed by atoms with Crippen molar-refractivity contribution in [2.24, 2.45) is 0 Å². The van der Waals surface area contributed by atoms with Crippen LogP contribution >= 0.6 is 11.3 Å². The molecule has 0 radical (unpaired) electrons. The Labute approximate surface area is 116 Å². The molecule has 0 saturated heterocycles. The van der Waals surface area contributed by atoms with Crippen molar-refractivity contribution in [3.05, 3.63) is 58.5 Å². The van der Waals surface area contributed by atoms with Crippen LogP contribution in [0.4, 0.5) is 0 Å². The summed E-state index contributed by atoms with van der Waals surface area (Å²) < 4.78 is 1.92. The third kappa shape index (κ3) is 2.55. The molecule has 1 atom stereocenters. The zero-order chi connectivity index (χ0) is 13.1. The number of hydrogen-bond acceptors (Lipinski definition) is 3. The molecule has 0 bridgehead atoms. The van der Waals surface area contributed by atoms with Crippen molar-refractivity contribution < 1.29 is 0 Å². The molecule has 1 N–H and O–H groups in total. The molecule has 1 unspecified atom stereocenters. The second-order valence-electron chi connectivity index (χ2n) is 4.56. The van der Waals surface area contributed by atoms with Gasteiger partial charge in [0.1, 0.15) is 0 Å². The molecule has 0 spiro atoms. The first-order chi connectivity index (χ1) is 9.38. The van der Waals surface area contributed by atoms with Crippen LogP contribution in [0.2, 0.25) is 0 Å². The molecule has 0 aliphatic rings. The Bertz CT molecular complexity index is 642. The van der Waals surface area contributed by atoms with E-state index in [0.717, 1.165) is 13.0 Å². The normalized spacial score (nSPS) is 12.9. The molecule has 3 aromatic heterocycles. The van der Waals surface area contributed by atoms with Gasteiger partial charge in [0.25, 0.3) is 0 Å². The molecule has 0 amide bonds. The van der Waals surface area contributed by atoms with Crippen LogP contribution in [0.1, 0.15) is 29.8 Å². The Balaban J connectivity index is 1.75. The van der Waals surface area contributed by atoms with Crippen molar-refractivity contribution in [2.45, 2.75) is 25.9 Å². The summed E-state index contributed by atoms with van der Waals surface area (Å²) in [5, 5.41) is 10.1. The third-order valence-electron chi connectivity index (χ3n) is 3.34. The minimum Gasteiger partial charge on any atom is -0.305 e. The summed E-state index contributed by atoms with van der Waals surface area (Å²) in [6.07, 6.45) is 5.03. The van der Waals surface area contributed by atoms with E-state index < -0.39 is 0 Å². The highest BCUT2D eigenvalue weighted by Crippen LogP contribution is 2.22. The zero-order valence-corrected chi connectivity index (χ0v) is 11.7. The van der Waals surface area contributed by atoms with E-state index in [1.165, 1.54) is 16.0 Å². The number of pyridine rings is 1. The average Bonchev–Trinajstić information content (AvgIpc) is 3.09. The summed E-state index contributed by atoms with van der Waals surface area (Å²) in [4.78, 5) is 1.40. The predicted octanol–water partition coefficient (Wildman–Crippen LogP) is 3.64. The monoisotopic (exact) mass is 271 g/mol. The molecule has 98 valence electrons. The lowest BCUT2D eigenvalue weighted by atomic mass is 10.1. The Hall–Kier alpha value is -1.65. The van der Waals surface area contributed by atoms with Gasteiger partial charge in [0.05, 0.1) is 11.7 Å². The maximum Gasteiger partial charge on any atom is 0.0706 e. The van der Waals surface area contributed by atoms with Gasteiger partial charge >= 0.3 is 0 Å². The van der Waals surface area contributed by atoms with E-state index in [1.54, 1.807) is 0 Å². The highest BCUT2D eigenvalue weighted by Gasteiger charge is 2.11. The van der Waals surface area contributed by atoms with Gasteiger partial charge in [-0.25, -0.2) is 4.52 Å². The lowest BCUT2D eigenvalue weighted by molar-refractivity contribution is 0.528. The van der Waals surface area contributed by atoms with Crippen LogP contribution in [-0.2, 0) is 6.54 Å². The van der Waals surface area contributed by atoms with Crippen molar-refractivity contribution in [3.63, 3.8) is 0 Å². The maximum absolute atomic E-state index is 4.36. The molecule has 0 saturated carbocycles. The van der Waals surface area contributed by atoms with Gasteiger partial charge in [-0.05, 0) is 30.0 Å². The van der Waals surface area contributed by atoms with Crippen LogP contribution in [0.25, 0.3) is 5.52 Å². The van der Waals surface area contributed by atoms with E-state index in [0.29, 0.717) is 6.04 Å². The van der Waals surface area contributed by atoms with Crippen molar-refractivity contribution in [2.75, 3.05) is 0 Å². The number of rotatable bonds is 5. The summed E-state index contributed by atoms with van der Waals surface area (Å²) in [5.41, 5.74) is 2.42. The third-order valence-corrected chi connectivity index (χ3v) is 4.33. The van der Waals surface area contributed by atoms with E-state index in [2.05, 4.69) is 47.0 Å². The summed E-state index contributed by atoms with van der Waals surface area (Å²) >= 11 is 1.81. The van der Waals surface area contributed by atoms with E-state index in [9.17, 15) is 0 Å². The van der Waals surface area contributed by atoms with Crippen LogP contribution in [-0.4, -0.2) is 9.61 Å². The van der Waals surface area contributed by atoms with Crippen molar-refractivity contribution in [1.82, 2.24) is 14.9 Å². The molecule has 0 aromatic carbocycles. The molecular weight excluding hydrogens is 254 g/mol. The predicted molar refractivity (Wildman–Crippen MR) is 79.4 cm³/mol. The van der Waals surface area contributed by atoms with Crippen molar-refractivity contribution >= 4 is 16.9 Å². The van der Waals surface area contributed by atoms with Gasteiger partial charge in [0.15, 0.2) is 0 Å². The zero-order valence-electron chi connectivity index (χ0n) is 10.9. The number of thiophene rings is 1. The molecule has 0 aliphatic carbocycles. The van der Waals surface area contributed by atoms with E-state index in [1.807, 2.05) is 34.3 Å². The topological polar surface area (TPSA) is 29.3 Å². The van der Waals surface area contributed by atoms with Gasteiger partial charge in [-0.1, -0.05) is 19.1 Å². The van der Waals surface area contributed by atoms with Crippen molar-refractivity contribution in [1.29, 1.82) is 0 Å². The molecule has 0 aliphatic heterocycles. The van der Waals surface area contributed by atoms with Crippen molar-refractivity contribution in [3.8, 4) is 0 Å². The fraction of sp³-hybridized carbons (Fsp3) is 0.267. The van der Waals surface area contributed by atoms with Crippen LogP contribution in [0.5, 0.6) is 0 Å². The summed E-state index contributed by atoms with van der Waals surface area (Å²) in [6.45, 7) is 3.07. The van der Waals surface area contributed by atoms with E-state index in [-0.39, 0.29) is 0 Å². The summed E-state index contributed by atoms with van der Waals surface area (Å²) in [7, 11) is 0. The molecule has 3 heterocycles. The number of hydrogen-bond donors (Lipinski definition) is 1. The molecule has 19 heavy (non-hydrogen) atoms. The van der Waals surface area contributed by atoms with E-state index in [4.69, 9.17) is 0 Å². The number of fused-ring (bicyclic) bond motifs is 1. The Kier molecular flexibility index (Phi) is 3.62. The largest absolute Gasteiger partial charge is 0.305 e. The molecular formula is C15H17N3S. The van der Waals surface area contributed by atoms with Gasteiger partial charge < -0.3 is 5.32 Å². The van der Waals surface area contributed by atoms with Gasteiger partial charge in [-0.15, -0.1) is 11.3 Å². The first kappa shape index (κ1) is 12.4. The lowest BCUT2D eigenvalue weighted by Gasteiger charge is -2.14. The molecule has 3 rings (SSSR count). The quantitative estimate of drug-likeness (QED) is 0.767. The van der Waals surface area contributed by atoms with Crippen LogP contribution < -0.4 is 5.32 Å². The van der Waals surface area contributed by atoms with Crippen LogP contribution in [0, 0.1) is 0 Å². The Morgan fingerprint density at radius 3 is 3.05 bits per heavy atom. The standard InChI is InChI=1S/C15H17N3S/c1-2-13(15-7-5-9-19-15)16-10-12-11-17-18-8-4-3-6-14(12)18/h3-9,11,13,16H,2,10H2,1H3. The van der Waals surface area contributed by atoms with Crippen LogP contribution in [0.15, 0.2) is 48.1 Å². The highest BCUT2D eigenvalue weighted by atomic mass is 32.1. The van der Waals surface area contributed by atoms with Crippen LogP contribution in [0.3, 0.4) is 0 Å². The molecule has 4 heteroatoms. The second-order valence-corrected chi connectivity index (χ2v) is 5.54. The van der Waals surface area contributed by atoms with E-state index >= 15 is 0 Å². The first-order valence-electron chi connectivity index (χ1n) is 6.56. The Morgan fingerprint density at radius 1 is 1.32 bits per heavy atom. The molecule has 3 nitrogen and oxygen atoms in total. The summed E-state index contributed by atoms with van der Waals surface area (Å²) in [5.74, 6) is 0. The lowest BCUT2D eigenvalue weighted by Crippen LogP contribution is -2.19. The minimum atomic E-state index is 0.429. The summed E-state index contributed by atoms with van der Waals surface area (Å²) in [6, 6.07) is 10.9. The number of nitrogens with one attached hydrogen (secondary N) is 1. The Morgan fingerprint density at radius 2 is 2.26 bits per heavy atom. The SMILES string of the molecule is CCC(NCc1cnn2ccccc12)c1cccs1. The van der Waals surface area contributed by atoms with Gasteiger partial charge in [0.2, 0.25) is 0 Å². The molecule has 3 aromatic rings. The average molecular weight is 271 g/mol. The minimum absolute atomic E-state index is 0.429. The highest BCUT2D eigenvalue weighted by molar-refractivity contribution is 7.10. The van der Waals surface area contributed by atoms with Gasteiger partial charge in [0, 0.05) is 29.2 Å². The fourth-order valence-electron chi connectivity index (χ4n) is 2.29. The number of aromatic nitrogens is 2. The second kappa shape index (κ2) is 5.55. The fourth-order valence-corrected chi connectivity index (χ4v) is 3.18. The number of nitrogens with zero attached hydrogens (tertiary/aromatic N) is 2. The molecule has 0 fully saturated rings. The maximum atomic E-state index is 4.36. The smallest absolute Gasteiger partial charge is 0.0706 e.